The molecule has 1 aliphatic rings. The standard InChI is InChI=1S/C29H26Cl2N4O5/c1-39-21-10-8-20(9-11-21)35-26(27(36)32-16-19-5-3-4-6-25(19)40-2)24-17-33(13-14-34(24)29(35)38)28(37)18-7-12-22(30)23(31)15-18/h3-12,15H,13-14,16-17H2,1-2H3,(H,32,36). The summed E-state index contributed by atoms with van der Waals surface area (Å²) in [7, 11) is 3.11. The lowest BCUT2D eigenvalue weighted by atomic mass is 10.1. The minimum absolute atomic E-state index is 0.0505. The van der Waals surface area contributed by atoms with Gasteiger partial charge < -0.3 is 19.7 Å². The smallest absolute Gasteiger partial charge is 0.333 e. The quantitative estimate of drug-likeness (QED) is 0.346. The molecule has 206 valence electrons. The number of amides is 2. The molecule has 1 aliphatic heterocycles. The molecule has 3 aromatic carbocycles. The maximum absolute atomic E-state index is 13.8. The summed E-state index contributed by atoms with van der Waals surface area (Å²) in [6.07, 6.45) is 0. The number of rotatable bonds is 7. The van der Waals surface area contributed by atoms with E-state index in [1.807, 2.05) is 24.3 Å². The number of aromatic nitrogens is 2. The molecule has 2 heterocycles. The lowest BCUT2D eigenvalue weighted by Gasteiger charge is -2.28. The Kier molecular flexibility index (Phi) is 7.86. The van der Waals surface area contributed by atoms with Crippen LogP contribution in [0.1, 0.15) is 32.1 Å². The molecule has 0 spiro atoms. The van der Waals surface area contributed by atoms with E-state index < -0.39 is 5.91 Å². The summed E-state index contributed by atoms with van der Waals surface area (Å²) >= 11 is 12.2. The topological polar surface area (TPSA) is 94.8 Å². The molecule has 1 aromatic heterocycles. The average molecular weight is 581 g/mol. The van der Waals surface area contributed by atoms with E-state index in [1.54, 1.807) is 60.1 Å². The number of nitrogens with zero attached hydrogens (tertiary/aromatic N) is 3. The van der Waals surface area contributed by atoms with E-state index in [2.05, 4.69) is 5.32 Å². The third-order valence-corrected chi connectivity index (χ3v) is 7.55. The van der Waals surface area contributed by atoms with Crippen molar-refractivity contribution in [1.82, 2.24) is 19.4 Å². The van der Waals surface area contributed by atoms with Crippen LogP contribution < -0.4 is 20.5 Å². The van der Waals surface area contributed by atoms with Crippen LogP contribution in [0.3, 0.4) is 0 Å². The molecule has 0 atom stereocenters. The fourth-order valence-electron chi connectivity index (χ4n) is 4.76. The first kappa shape index (κ1) is 27.4. The number of carbonyl (C=O) groups excluding carboxylic acids is 2. The van der Waals surface area contributed by atoms with E-state index in [-0.39, 0.29) is 48.5 Å². The van der Waals surface area contributed by atoms with Crippen molar-refractivity contribution in [1.29, 1.82) is 0 Å². The molecule has 4 aromatic rings. The van der Waals surface area contributed by atoms with Gasteiger partial charge in [-0.1, -0.05) is 41.4 Å². The van der Waals surface area contributed by atoms with E-state index in [1.165, 1.54) is 10.6 Å². The summed E-state index contributed by atoms with van der Waals surface area (Å²) in [6, 6.07) is 18.9. The van der Waals surface area contributed by atoms with Gasteiger partial charge in [-0.15, -0.1) is 0 Å². The van der Waals surface area contributed by atoms with Gasteiger partial charge in [0, 0.05) is 30.8 Å². The van der Waals surface area contributed by atoms with Gasteiger partial charge in [-0.2, -0.15) is 0 Å². The van der Waals surface area contributed by atoms with Crippen molar-refractivity contribution in [3.8, 4) is 17.2 Å². The Labute approximate surface area is 240 Å². The molecule has 5 rings (SSSR count). The number of imidazole rings is 1. The molecule has 0 saturated carbocycles. The Hall–Kier alpha value is -4.21. The van der Waals surface area contributed by atoms with Gasteiger partial charge in [0.1, 0.15) is 17.2 Å². The van der Waals surface area contributed by atoms with Crippen LogP contribution in [0.15, 0.2) is 71.5 Å². The van der Waals surface area contributed by atoms with Crippen molar-refractivity contribution >= 4 is 35.0 Å². The van der Waals surface area contributed by atoms with Gasteiger partial charge in [-0.25, -0.2) is 4.79 Å². The molecule has 0 saturated heterocycles. The van der Waals surface area contributed by atoms with Crippen LogP contribution in [0.2, 0.25) is 10.0 Å². The Bertz CT molecular complexity index is 1650. The number of hydrogen-bond acceptors (Lipinski definition) is 5. The number of carbonyl (C=O) groups is 2. The Morgan fingerprint density at radius 3 is 2.38 bits per heavy atom. The van der Waals surface area contributed by atoms with Crippen LogP contribution in [0.25, 0.3) is 5.69 Å². The lowest BCUT2D eigenvalue weighted by Crippen LogP contribution is -2.41. The average Bonchev–Trinajstić information content (AvgIpc) is 3.28. The monoisotopic (exact) mass is 580 g/mol. The first-order valence-electron chi connectivity index (χ1n) is 12.5. The predicted molar refractivity (Wildman–Crippen MR) is 152 cm³/mol. The first-order chi connectivity index (χ1) is 19.3. The second kappa shape index (κ2) is 11.5. The van der Waals surface area contributed by atoms with E-state index in [9.17, 15) is 14.4 Å². The molecular formula is C29H26Cl2N4O5. The van der Waals surface area contributed by atoms with Crippen LogP contribution in [0.5, 0.6) is 11.5 Å². The normalized spacial score (nSPS) is 12.6. The minimum atomic E-state index is -0.462. The van der Waals surface area contributed by atoms with Gasteiger partial charge in [-0.3, -0.25) is 18.7 Å². The number of methoxy groups -OCH3 is 2. The molecule has 0 aliphatic carbocycles. The van der Waals surface area contributed by atoms with Crippen molar-refractivity contribution < 1.29 is 19.1 Å². The lowest BCUT2D eigenvalue weighted by molar-refractivity contribution is 0.0706. The van der Waals surface area contributed by atoms with E-state index in [0.29, 0.717) is 33.5 Å². The van der Waals surface area contributed by atoms with Crippen LogP contribution in [-0.4, -0.2) is 46.6 Å². The molecular weight excluding hydrogens is 555 g/mol. The number of fused-ring (bicyclic) bond motifs is 1. The zero-order valence-corrected chi connectivity index (χ0v) is 23.3. The zero-order chi connectivity index (χ0) is 28.4. The van der Waals surface area contributed by atoms with Gasteiger partial charge >= 0.3 is 5.69 Å². The summed E-state index contributed by atoms with van der Waals surface area (Å²) in [5.74, 6) is 0.500. The van der Waals surface area contributed by atoms with Gasteiger partial charge in [0.05, 0.1) is 42.2 Å². The summed E-state index contributed by atoms with van der Waals surface area (Å²) in [5.41, 5.74) is 1.85. The number of nitrogens with one attached hydrogen (secondary N) is 1. The molecule has 0 bridgehead atoms. The highest BCUT2D eigenvalue weighted by molar-refractivity contribution is 6.42. The second-order valence-electron chi connectivity index (χ2n) is 9.11. The summed E-state index contributed by atoms with van der Waals surface area (Å²) in [5, 5.41) is 3.53. The number of benzene rings is 3. The van der Waals surface area contributed by atoms with E-state index in [4.69, 9.17) is 32.7 Å². The molecule has 0 fully saturated rings. The molecule has 40 heavy (non-hydrogen) atoms. The summed E-state index contributed by atoms with van der Waals surface area (Å²) in [6.45, 7) is 0.725. The summed E-state index contributed by atoms with van der Waals surface area (Å²) in [4.78, 5) is 42.4. The van der Waals surface area contributed by atoms with E-state index >= 15 is 0 Å². The van der Waals surface area contributed by atoms with Crippen molar-refractivity contribution in [3.63, 3.8) is 0 Å². The Morgan fingerprint density at radius 2 is 1.68 bits per heavy atom. The van der Waals surface area contributed by atoms with Gasteiger partial charge in [0.2, 0.25) is 0 Å². The number of para-hydroxylation sites is 1. The maximum atomic E-state index is 13.8. The van der Waals surface area contributed by atoms with E-state index in [0.717, 1.165) is 5.56 Å². The fraction of sp³-hybridized carbons (Fsp3) is 0.207. The predicted octanol–water partition coefficient (Wildman–Crippen LogP) is 4.55. The van der Waals surface area contributed by atoms with Crippen molar-refractivity contribution in [2.45, 2.75) is 19.6 Å². The van der Waals surface area contributed by atoms with Crippen molar-refractivity contribution in [3.05, 3.63) is 110 Å². The molecule has 11 heteroatoms. The number of hydrogen-bond donors (Lipinski definition) is 1. The highest BCUT2D eigenvalue weighted by Crippen LogP contribution is 2.26. The molecule has 1 N–H and O–H groups in total. The third-order valence-electron chi connectivity index (χ3n) is 6.81. The number of ether oxygens (including phenoxy) is 2. The van der Waals surface area contributed by atoms with Gasteiger partial charge in [0.15, 0.2) is 0 Å². The van der Waals surface area contributed by atoms with Crippen LogP contribution >= 0.6 is 23.2 Å². The Morgan fingerprint density at radius 1 is 0.925 bits per heavy atom. The van der Waals surface area contributed by atoms with Crippen molar-refractivity contribution in [2.24, 2.45) is 0 Å². The second-order valence-corrected chi connectivity index (χ2v) is 9.93. The fourth-order valence-corrected chi connectivity index (χ4v) is 5.05. The minimum Gasteiger partial charge on any atom is -0.497 e. The number of halogens is 2. The maximum Gasteiger partial charge on any atom is 0.333 e. The van der Waals surface area contributed by atoms with Crippen molar-refractivity contribution in [2.75, 3.05) is 20.8 Å². The highest BCUT2D eigenvalue weighted by atomic mass is 35.5. The molecule has 0 radical (unpaired) electrons. The summed E-state index contributed by atoms with van der Waals surface area (Å²) < 4.78 is 13.6. The van der Waals surface area contributed by atoms with Crippen LogP contribution in [-0.2, 0) is 19.6 Å². The van der Waals surface area contributed by atoms with Gasteiger partial charge in [-0.05, 0) is 48.5 Å². The zero-order valence-electron chi connectivity index (χ0n) is 21.8. The first-order valence-corrected chi connectivity index (χ1v) is 13.2. The largest absolute Gasteiger partial charge is 0.497 e. The highest BCUT2D eigenvalue weighted by Gasteiger charge is 2.32. The van der Waals surface area contributed by atoms with Crippen LogP contribution in [0, 0.1) is 0 Å². The Balaban J connectivity index is 1.54. The molecule has 0 unspecified atom stereocenters. The molecule has 9 nitrogen and oxygen atoms in total. The molecule has 2 amide bonds. The third kappa shape index (κ3) is 5.17. The SMILES string of the molecule is COc1ccc(-n2c(C(=O)NCc3ccccc3OC)c3n(c2=O)CCN(C(=O)c2ccc(Cl)c(Cl)c2)C3)cc1. The van der Waals surface area contributed by atoms with Crippen LogP contribution in [0.4, 0.5) is 0 Å². The van der Waals surface area contributed by atoms with Gasteiger partial charge in [0.25, 0.3) is 11.8 Å².